The summed E-state index contributed by atoms with van der Waals surface area (Å²) in [6.45, 7) is 0. The van der Waals surface area contributed by atoms with Crippen LogP contribution in [-0.4, -0.2) is 28.8 Å². The molecule has 0 bridgehead atoms. The number of rotatable bonds is 3. The van der Waals surface area contributed by atoms with Crippen molar-refractivity contribution in [3.05, 3.63) is 57.8 Å². The summed E-state index contributed by atoms with van der Waals surface area (Å²) in [5, 5.41) is 15.2. The Hall–Kier alpha value is -2.60. The van der Waals surface area contributed by atoms with Gasteiger partial charge < -0.3 is 15.7 Å². The number of benzene rings is 1. The second-order valence-electron chi connectivity index (χ2n) is 6.28. The minimum Gasteiger partial charge on any atom is -0.363 e. The van der Waals surface area contributed by atoms with Gasteiger partial charge in [-0.2, -0.15) is 26.3 Å². The molecule has 3 atom stereocenters. The fourth-order valence-electron chi connectivity index (χ4n) is 3.07. The van der Waals surface area contributed by atoms with Crippen LogP contribution >= 0.6 is 11.3 Å². The van der Waals surface area contributed by atoms with Crippen LogP contribution in [0.4, 0.5) is 31.1 Å². The first-order valence-electron chi connectivity index (χ1n) is 7.97. The Kier molecular flexibility index (Phi) is 5.11. The van der Waals surface area contributed by atoms with E-state index in [0.717, 1.165) is 23.5 Å². The lowest BCUT2D eigenvalue weighted by Gasteiger charge is -2.44. The molecule has 1 saturated heterocycles. The topological polar surface area (TPSA) is 78.4 Å². The largest absolute Gasteiger partial charge is 0.437 e. The Labute approximate surface area is 163 Å². The molecule has 1 aliphatic rings. The third-order valence-corrected chi connectivity index (χ3v) is 5.33. The first kappa shape index (κ1) is 21.1. The average molecular weight is 438 g/mol. The summed E-state index contributed by atoms with van der Waals surface area (Å²) >= 11 is 0.823. The van der Waals surface area contributed by atoms with Crippen LogP contribution in [0.1, 0.15) is 26.8 Å². The molecule has 3 N–H and O–H groups in total. The van der Waals surface area contributed by atoms with Crippen molar-refractivity contribution >= 4 is 23.2 Å². The van der Waals surface area contributed by atoms with Gasteiger partial charge in [0.15, 0.2) is 5.78 Å². The number of thiophene rings is 1. The van der Waals surface area contributed by atoms with Crippen LogP contribution in [-0.2, 0) is 6.18 Å². The van der Waals surface area contributed by atoms with E-state index in [2.05, 4.69) is 5.32 Å². The number of nitrogens with one attached hydrogen (secondary N) is 2. The maximum Gasteiger partial charge on any atom is 0.437 e. The fraction of sp³-hybridized carbons (Fsp3) is 0.294. The van der Waals surface area contributed by atoms with E-state index < -0.39 is 47.4 Å². The van der Waals surface area contributed by atoms with E-state index in [-0.39, 0.29) is 10.4 Å². The summed E-state index contributed by atoms with van der Waals surface area (Å²) in [5.74, 6) is -3.41. The van der Waals surface area contributed by atoms with E-state index in [1.807, 2.05) is 0 Å². The first-order chi connectivity index (χ1) is 13.3. The lowest BCUT2D eigenvalue weighted by atomic mass is 9.78. The van der Waals surface area contributed by atoms with Crippen LogP contribution in [0.2, 0.25) is 0 Å². The number of amides is 2. The van der Waals surface area contributed by atoms with Gasteiger partial charge in [0.25, 0.3) is 0 Å². The summed E-state index contributed by atoms with van der Waals surface area (Å²) in [6.07, 6.45) is -10.1. The van der Waals surface area contributed by atoms with E-state index in [4.69, 9.17) is 0 Å². The van der Waals surface area contributed by atoms with Crippen molar-refractivity contribution in [3.63, 3.8) is 0 Å². The summed E-state index contributed by atoms with van der Waals surface area (Å²) in [6, 6.07) is 2.43. The van der Waals surface area contributed by atoms with Crippen molar-refractivity contribution in [3.8, 4) is 0 Å². The minimum absolute atomic E-state index is 0.118. The minimum atomic E-state index is -5.44. The van der Waals surface area contributed by atoms with Crippen molar-refractivity contribution in [1.29, 1.82) is 0 Å². The number of ketones is 1. The van der Waals surface area contributed by atoms with Crippen molar-refractivity contribution < 1.29 is 41.0 Å². The molecule has 5 nitrogen and oxygen atoms in total. The summed E-state index contributed by atoms with van der Waals surface area (Å²) in [5.41, 5.74) is -5.19. The molecule has 0 aliphatic carbocycles. The number of halogens is 6. The van der Waals surface area contributed by atoms with Gasteiger partial charge in [-0.15, -0.1) is 11.3 Å². The Morgan fingerprint density at radius 2 is 1.69 bits per heavy atom. The molecular formula is C17H12F6N2O3S. The Balaban J connectivity index is 2.11. The molecule has 3 rings (SSSR count). The SMILES string of the molecule is O=C1N[C@@H](c2ccc(C(F)(F)F)cc2)[C@H](C(=O)c2cccs2)[C@](O)(C(F)(F)F)N1. The highest BCUT2D eigenvalue weighted by atomic mass is 32.1. The van der Waals surface area contributed by atoms with E-state index in [0.29, 0.717) is 12.1 Å². The molecule has 1 aromatic carbocycles. The van der Waals surface area contributed by atoms with Gasteiger partial charge in [-0.05, 0) is 29.1 Å². The number of aliphatic hydroxyl groups is 1. The second kappa shape index (κ2) is 7.02. The average Bonchev–Trinajstić information content (AvgIpc) is 3.13. The van der Waals surface area contributed by atoms with Crippen LogP contribution < -0.4 is 10.6 Å². The van der Waals surface area contributed by atoms with Gasteiger partial charge in [0.1, 0.15) is 5.92 Å². The number of alkyl halides is 6. The van der Waals surface area contributed by atoms with Crippen LogP contribution in [0, 0.1) is 5.92 Å². The molecule has 0 radical (unpaired) electrons. The first-order valence-corrected chi connectivity index (χ1v) is 8.85. The third-order valence-electron chi connectivity index (χ3n) is 4.45. The summed E-state index contributed by atoms with van der Waals surface area (Å²) < 4.78 is 79.3. The van der Waals surface area contributed by atoms with Gasteiger partial charge >= 0.3 is 18.4 Å². The zero-order valence-corrected chi connectivity index (χ0v) is 15.0. The molecule has 12 heteroatoms. The standard InChI is InChI=1S/C17H12F6N2O3S/c18-16(19,20)9-5-3-8(4-6-9)12-11(13(26)10-2-1-7-29-10)15(28,17(21,22)23)25-14(27)24-12/h1-7,11-12,28H,(H2,24,25,27)/t11-,12+,15+/m1/s1. The number of carbonyl (C=O) groups is 2. The van der Waals surface area contributed by atoms with Gasteiger partial charge in [-0.1, -0.05) is 18.2 Å². The van der Waals surface area contributed by atoms with Gasteiger partial charge in [-0.25, -0.2) is 4.79 Å². The number of Topliss-reactive ketones (excluding diaryl/α,β-unsaturated/α-hetero) is 1. The zero-order chi connectivity index (χ0) is 21.6. The molecule has 1 fully saturated rings. The highest BCUT2D eigenvalue weighted by Crippen LogP contribution is 2.44. The predicted octanol–water partition coefficient (Wildman–Crippen LogP) is 3.87. The molecule has 29 heavy (non-hydrogen) atoms. The van der Waals surface area contributed by atoms with Crippen molar-refractivity contribution in [2.45, 2.75) is 24.1 Å². The van der Waals surface area contributed by atoms with Crippen molar-refractivity contribution in [1.82, 2.24) is 10.6 Å². The molecule has 156 valence electrons. The quantitative estimate of drug-likeness (QED) is 0.503. The van der Waals surface area contributed by atoms with Crippen LogP contribution in [0.15, 0.2) is 41.8 Å². The molecule has 1 aliphatic heterocycles. The molecule has 1 aromatic heterocycles. The molecule has 0 spiro atoms. The predicted molar refractivity (Wildman–Crippen MR) is 89.0 cm³/mol. The highest BCUT2D eigenvalue weighted by Gasteiger charge is 2.66. The van der Waals surface area contributed by atoms with E-state index >= 15 is 0 Å². The maximum atomic E-state index is 13.7. The third kappa shape index (κ3) is 3.81. The smallest absolute Gasteiger partial charge is 0.363 e. The Morgan fingerprint density at radius 3 is 2.17 bits per heavy atom. The number of hydrogen-bond acceptors (Lipinski definition) is 4. The molecule has 0 saturated carbocycles. The van der Waals surface area contributed by atoms with Crippen molar-refractivity contribution in [2.75, 3.05) is 0 Å². The second-order valence-corrected chi connectivity index (χ2v) is 7.23. The van der Waals surface area contributed by atoms with Gasteiger partial charge in [0, 0.05) is 0 Å². The molecular weight excluding hydrogens is 426 g/mol. The van der Waals surface area contributed by atoms with Gasteiger partial charge in [-0.3, -0.25) is 4.79 Å². The van der Waals surface area contributed by atoms with Crippen molar-refractivity contribution in [2.24, 2.45) is 5.92 Å². The lowest BCUT2D eigenvalue weighted by Crippen LogP contribution is -2.72. The van der Waals surface area contributed by atoms with Crippen LogP contribution in [0.25, 0.3) is 0 Å². The normalized spacial score (nSPS) is 25.3. The van der Waals surface area contributed by atoms with Crippen LogP contribution in [0.3, 0.4) is 0 Å². The number of urea groups is 1. The van der Waals surface area contributed by atoms with Crippen LogP contribution in [0.5, 0.6) is 0 Å². The number of hydrogen-bond donors (Lipinski definition) is 3. The Bertz CT molecular complexity index is 911. The Morgan fingerprint density at radius 1 is 1.07 bits per heavy atom. The summed E-state index contributed by atoms with van der Waals surface area (Å²) in [7, 11) is 0. The van der Waals surface area contributed by atoms with Gasteiger partial charge in [0.05, 0.1) is 16.5 Å². The molecule has 2 amide bonds. The van der Waals surface area contributed by atoms with E-state index in [1.54, 1.807) is 0 Å². The van der Waals surface area contributed by atoms with E-state index in [9.17, 15) is 41.0 Å². The lowest BCUT2D eigenvalue weighted by molar-refractivity contribution is -0.287. The molecule has 2 heterocycles. The van der Waals surface area contributed by atoms with E-state index in [1.165, 1.54) is 22.8 Å². The zero-order valence-electron chi connectivity index (χ0n) is 14.1. The monoisotopic (exact) mass is 438 g/mol. The summed E-state index contributed by atoms with van der Waals surface area (Å²) in [4.78, 5) is 24.5. The highest BCUT2D eigenvalue weighted by molar-refractivity contribution is 7.12. The maximum absolute atomic E-state index is 13.7. The number of carbonyl (C=O) groups excluding carboxylic acids is 2. The molecule has 2 aromatic rings. The van der Waals surface area contributed by atoms with Gasteiger partial charge in [0.2, 0.25) is 5.72 Å². The molecule has 0 unspecified atom stereocenters. The fourth-order valence-corrected chi connectivity index (χ4v) is 3.77.